The van der Waals surface area contributed by atoms with E-state index in [0.717, 1.165) is 6.07 Å². The van der Waals surface area contributed by atoms with Gasteiger partial charge in [0.05, 0.1) is 56.3 Å². The van der Waals surface area contributed by atoms with E-state index in [2.05, 4.69) is 9.47 Å². The molecule has 0 atom stereocenters. The molecule has 7 N–H and O–H groups in total. The van der Waals surface area contributed by atoms with Crippen LogP contribution in [0.1, 0.15) is 70.6 Å². The number of carbonyl (C=O) groups is 5. The van der Waals surface area contributed by atoms with E-state index in [1.165, 1.54) is 12.1 Å². The third-order valence-electron chi connectivity index (χ3n) is 4.25. The van der Waals surface area contributed by atoms with Gasteiger partial charge >= 0.3 is 29.8 Å². The van der Waals surface area contributed by atoms with E-state index in [-0.39, 0.29) is 61.4 Å². The maximum Gasteiger partial charge on any atom is 0.346 e. The van der Waals surface area contributed by atoms with Gasteiger partial charge in [-0.1, -0.05) is 13.8 Å². The van der Waals surface area contributed by atoms with Gasteiger partial charge in [0, 0.05) is 18.3 Å². The summed E-state index contributed by atoms with van der Waals surface area (Å²) in [5.74, 6) is -4.43. The Morgan fingerprint density at radius 1 is 0.789 bits per heavy atom. The number of aliphatic hydroxyl groups excluding tert-OH is 4. The lowest BCUT2D eigenvalue weighted by Gasteiger charge is -2.16. The predicted molar refractivity (Wildman–Crippen MR) is 130 cm³/mol. The molecule has 2 rings (SSSR count). The number of hydrogen-bond donors (Lipinski definition) is 7. The molecule has 38 heavy (non-hydrogen) atoms. The van der Waals surface area contributed by atoms with Crippen LogP contribution >= 0.6 is 0 Å². The highest BCUT2D eigenvalue weighted by Crippen LogP contribution is 2.21. The van der Waals surface area contributed by atoms with E-state index in [0.29, 0.717) is 26.1 Å². The van der Waals surface area contributed by atoms with Crippen molar-refractivity contribution in [3.05, 3.63) is 34.9 Å². The number of benzene rings is 1. The highest BCUT2D eigenvalue weighted by atomic mass is 16.6. The third kappa shape index (κ3) is 17.9. The molecule has 0 saturated carbocycles. The Bertz CT molecular complexity index is 868. The zero-order chi connectivity index (χ0) is 29.7. The molecule has 0 spiro atoms. The van der Waals surface area contributed by atoms with Crippen molar-refractivity contribution in [2.45, 2.75) is 39.5 Å². The summed E-state index contributed by atoms with van der Waals surface area (Å²) >= 11 is 0. The van der Waals surface area contributed by atoms with Gasteiger partial charge in [-0.05, 0) is 31.0 Å². The number of esters is 2. The molecule has 1 aliphatic heterocycles. The van der Waals surface area contributed by atoms with Crippen molar-refractivity contribution in [1.29, 1.82) is 0 Å². The maximum atomic E-state index is 11.0. The number of carbonyl (C=O) groups excluding carboxylic acids is 2. The summed E-state index contributed by atoms with van der Waals surface area (Å²) in [5.41, 5.74) is -0.231. The van der Waals surface area contributed by atoms with Gasteiger partial charge in [-0.15, -0.1) is 0 Å². The van der Waals surface area contributed by atoms with Gasteiger partial charge in [-0.2, -0.15) is 0 Å². The summed E-state index contributed by atoms with van der Waals surface area (Å²) in [4.78, 5) is 52.3. The molecule has 216 valence electrons. The van der Waals surface area contributed by atoms with E-state index in [4.69, 9.17) is 35.7 Å². The monoisotopic (exact) mass is 548 g/mol. The van der Waals surface area contributed by atoms with Crippen molar-refractivity contribution in [3.63, 3.8) is 0 Å². The second-order valence-electron chi connectivity index (χ2n) is 8.28. The number of rotatable bonds is 12. The molecule has 0 bridgehead atoms. The number of unbranched alkanes of at least 4 members (excludes halogenated alkanes) is 1. The minimum Gasteiger partial charge on any atom is -0.481 e. The Hall–Kier alpha value is -3.43. The first-order valence-electron chi connectivity index (χ1n) is 11.3. The minimum atomic E-state index is -1.15. The topological polar surface area (TPSA) is 245 Å². The SMILES string of the molecule is CC(C)(CO)CO.O=C(O)CCCCC(=O)O.O=C(O)c1ccc2c(c1)C(=O)OC2=O.OCCOCCO. The molecule has 0 amide bonds. The summed E-state index contributed by atoms with van der Waals surface area (Å²) in [5, 5.41) is 57.9. The lowest BCUT2D eigenvalue weighted by molar-refractivity contribution is -0.139. The molecule has 1 aromatic carbocycles. The number of aliphatic carboxylic acids is 2. The molecule has 0 fully saturated rings. The van der Waals surface area contributed by atoms with Crippen molar-refractivity contribution < 1.29 is 69.2 Å². The van der Waals surface area contributed by atoms with E-state index >= 15 is 0 Å². The van der Waals surface area contributed by atoms with Crippen LogP contribution in [0, 0.1) is 5.41 Å². The highest BCUT2D eigenvalue weighted by molar-refractivity contribution is 6.15. The van der Waals surface area contributed by atoms with Crippen LogP contribution in [0.4, 0.5) is 0 Å². The molecule has 0 aromatic heterocycles. The standard InChI is InChI=1S/C9H4O5.C6H10O4.C5H12O2.C4H10O3/c10-7(11)4-1-2-5-6(3-4)9(13)14-8(5)12;7-5(8)3-1-2-4-6(9)10;1-5(2,3-6)4-7;5-1-3-7-4-2-6/h1-3H,(H,10,11);1-4H2,(H,7,8)(H,9,10);6-7H,3-4H2,1-2H3;5-6H,1-4H2. The van der Waals surface area contributed by atoms with Crippen molar-refractivity contribution in [2.24, 2.45) is 5.41 Å². The van der Waals surface area contributed by atoms with E-state index in [1.54, 1.807) is 13.8 Å². The van der Waals surface area contributed by atoms with E-state index in [1.807, 2.05) is 0 Å². The average molecular weight is 549 g/mol. The van der Waals surface area contributed by atoms with Crippen LogP contribution in [-0.4, -0.2) is 105 Å². The fourth-order valence-corrected chi connectivity index (χ4v) is 2.05. The summed E-state index contributed by atoms with van der Waals surface area (Å²) in [6, 6.07) is 3.65. The number of hydrogen-bond acceptors (Lipinski definition) is 11. The first-order chi connectivity index (χ1) is 17.8. The second kappa shape index (κ2) is 20.6. The Morgan fingerprint density at radius 2 is 1.24 bits per heavy atom. The molecular formula is C24H36O14. The van der Waals surface area contributed by atoms with E-state index in [9.17, 15) is 24.0 Å². The Kier molecular flexibility index (Phi) is 19.9. The quantitative estimate of drug-likeness (QED) is 0.106. The number of ether oxygens (including phenoxy) is 2. The first-order valence-corrected chi connectivity index (χ1v) is 11.3. The van der Waals surface area contributed by atoms with Gasteiger partial charge in [0.25, 0.3) is 0 Å². The lowest BCUT2D eigenvalue weighted by atomic mass is 9.97. The van der Waals surface area contributed by atoms with Crippen LogP contribution in [0.5, 0.6) is 0 Å². The molecular weight excluding hydrogens is 512 g/mol. The number of aliphatic hydroxyl groups is 4. The number of cyclic esters (lactones) is 2. The largest absolute Gasteiger partial charge is 0.481 e. The molecule has 0 aliphatic carbocycles. The Balaban J connectivity index is 0. The third-order valence-corrected chi connectivity index (χ3v) is 4.25. The van der Waals surface area contributed by atoms with Crippen molar-refractivity contribution in [2.75, 3.05) is 39.6 Å². The zero-order valence-corrected chi connectivity index (χ0v) is 21.3. The Morgan fingerprint density at radius 3 is 1.58 bits per heavy atom. The lowest BCUT2D eigenvalue weighted by Crippen LogP contribution is -2.20. The predicted octanol–water partition coefficient (Wildman–Crippen LogP) is 0.396. The average Bonchev–Trinajstić information content (AvgIpc) is 3.16. The normalized spacial score (nSPS) is 11.4. The van der Waals surface area contributed by atoms with Crippen LogP contribution < -0.4 is 0 Å². The fraction of sp³-hybridized carbons (Fsp3) is 0.542. The molecule has 1 aromatic rings. The molecule has 1 heterocycles. The maximum absolute atomic E-state index is 11.0. The second-order valence-corrected chi connectivity index (χ2v) is 8.28. The van der Waals surface area contributed by atoms with Crippen molar-refractivity contribution >= 4 is 29.8 Å². The van der Waals surface area contributed by atoms with Gasteiger partial charge in [0.2, 0.25) is 0 Å². The summed E-state index contributed by atoms with van der Waals surface area (Å²) in [7, 11) is 0. The summed E-state index contributed by atoms with van der Waals surface area (Å²) in [6.07, 6.45) is 1.02. The van der Waals surface area contributed by atoms with Crippen LogP contribution in [0.25, 0.3) is 0 Å². The van der Waals surface area contributed by atoms with Crippen LogP contribution in [0.2, 0.25) is 0 Å². The van der Waals surface area contributed by atoms with Gasteiger partial charge in [0.15, 0.2) is 0 Å². The van der Waals surface area contributed by atoms with Gasteiger partial charge in [-0.25, -0.2) is 14.4 Å². The molecule has 0 radical (unpaired) electrons. The Labute approximate surface area is 219 Å². The summed E-state index contributed by atoms with van der Waals surface area (Å²) < 4.78 is 8.93. The molecule has 1 aliphatic rings. The first kappa shape index (κ1) is 36.7. The van der Waals surface area contributed by atoms with E-state index < -0.39 is 29.8 Å². The van der Waals surface area contributed by atoms with Gasteiger partial charge < -0.3 is 45.2 Å². The van der Waals surface area contributed by atoms with Crippen molar-refractivity contribution in [3.8, 4) is 0 Å². The van der Waals surface area contributed by atoms with Crippen LogP contribution in [0.15, 0.2) is 18.2 Å². The fourth-order valence-electron chi connectivity index (χ4n) is 2.05. The molecule has 0 saturated heterocycles. The highest BCUT2D eigenvalue weighted by Gasteiger charge is 2.30. The minimum absolute atomic E-state index is 0.00917. The van der Waals surface area contributed by atoms with Crippen molar-refractivity contribution in [1.82, 2.24) is 0 Å². The van der Waals surface area contributed by atoms with Crippen LogP contribution in [0.3, 0.4) is 0 Å². The van der Waals surface area contributed by atoms with Gasteiger partial charge in [0.1, 0.15) is 0 Å². The molecule has 0 unspecified atom stereocenters. The molecule has 14 nitrogen and oxygen atoms in total. The number of fused-ring (bicyclic) bond motifs is 1. The van der Waals surface area contributed by atoms with Gasteiger partial charge in [-0.3, -0.25) is 9.59 Å². The number of carboxylic acids is 3. The number of carboxylic acid groups (broad SMARTS) is 3. The smallest absolute Gasteiger partial charge is 0.346 e. The summed E-state index contributed by atoms with van der Waals surface area (Å²) in [6.45, 7) is 4.38. The number of aromatic carboxylic acids is 1. The van der Waals surface area contributed by atoms with Crippen LogP contribution in [-0.2, 0) is 19.1 Å². The zero-order valence-electron chi connectivity index (χ0n) is 21.3. The molecule has 14 heteroatoms.